The van der Waals surface area contributed by atoms with Crippen molar-refractivity contribution in [2.24, 2.45) is 10.2 Å². The number of hydrogen-bond donors (Lipinski definition) is 12. The minimum Gasteiger partial charge on any atom is -0.744 e. The van der Waals surface area contributed by atoms with Gasteiger partial charge in [-0.2, -0.15) is 5.11 Å². The molecule has 0 radical (unpaired) electrons. The first-order chi connectivity index (χ1) is 32.2. The fraction of sp³-hybridized carbons (Fsp3) is 0.333. The van der Waals surface area contributed by atoms with Crippen LogP contribution in [0.4, 0.5) is 22.7 Å². The van der Waals surface area contributed by atoms with Gasteiger partial charge < -0.3 is 75.4 Å². The Hall–Kier alpha value is -4.81. The van der Waals surface area contributed by atoms with E-state index in [2.05, 4.69) is 30.8 Å². The minimum atomic E-state index is -5.82. The Morgan fingerprint density at radius 2 is 1.06 bits per heavy atom. The molecule has 374 valence electrons. The number of fused-ring (bicyclic) bond motifs is 2. The van der Waals surface area contributed by atoms with Crippen molar-refractivity contribution in [2.75, 3.05) is 36.9 Å². The van der Waals surface area contributed by atoms with Crippen molar-refractivity contribution in [3.05, 3.63) is 66.2 Å². The average molecular weight is 1060 g/mol. The quantitative estimate of drug-likeness (QED) is 0.0315. The molecule has 0 amide bonds. The summed E-state index contributed by atoms with van der Waals surface area (Å²) in [6.07, 6.45) is -17.1. The standard InChI is InChI=1S/C39H44N6O19S5/c1-16-2-9-25-29(37(16)69(62,63)64)43-39(65-25)18-5-8-20-26(10-18)66-38(42-20)17-3-6-19(7-4-17)44-45-32-30(40-12-21(48)33(52)35(54)23(50)14-46)27(67(56,57)58)11-28(68(59,60)61)31(32)41-13-22(49)34(53)36(55)24(51)15-47/h2-11,21-24,33-36,40-41,46-55H,12-15H2,1H3,(H,56,57,58)(H,59,60,61)(H,62,63,64)/p-3. The Morgan fingerprint density at radius 1 is 0.580 bits per heavy atom. The summed E-state index contributed by atoms with van der Waals surface area (Å²) in [6, 6.07) is 14.3. The lowest BCUT2D eigenvalue weighted by Crippen LogP contribution is -2.48. The van der Waals surface area contributed by atoms with E-state index in [0.29, 0.717) is 36.1 Å². The van der Waals surface area contributed by atoms with E-state index in [1.807, 2.05) is 0 Å². The molecule has 0 saturated carbocycles. The summed E-state index contributed by atoms with van der Waals surface area (Å²) in [4.78, 5) is 5.75. The molecule has 2 aromatic heterocycles. The van der Waals surface area contributed by atoms with Gasteiger partial charge in [0, 0.05) is 24.2 Å². The summed E-state index contributed by atoms with van der Waals surface area (Å²) in [5.74, 6) is 0. The Kier molecular flexibility index (Phi) is 16.5. The number of aliphatic hydroxyl groups excluding tert-OH is 10. The van der Waals surface area contributed by atoms with Gasteiger partial charge in [0.25, 0.3) is 0 Å². The highest BCUT2D eigenvalue weighted by atomic mass is 32.2. The first kappa shape index (κ1) is 53.5. The Bertz CT molecular complexity index is 3120. The zero-order valence-electron chi connectivity index (χ0n) is 35.2. The molecule has 0 saturated heterocycles. The van der Waals surface area contributed by atoms with Crippen LogP contribution in [0.1, 0.15) is 5.56 Å². The predicted octanol–water partition coefficient (Wildman–Crippen LogP) is -0.628. The molecule has 6 rings (SSSR count). The van der Waals surface area contributed by atoms with Crippen molar-refractivity contribution in [3.63, 3.8) is 0 Å². The van der Waals surface area contributed by atoms with Crippen LogP contribution in [-0.4, -0.2) is 175 Å². The third-order valence-electron chi connectivity index (χ3n) is 10.4. The van der Waals surface area contributed by atoms with Crippen molar-refractivity contribution in [1.29, 1.82) is 0 Å². The summed E-state index contributed by atoms with van der Waals surface area (Å²) >= 11 is 2.43. The van der Waals surface area contributed by atoms with Gasteiger partial charge in [-0.1, -0.05) is 6.07 Å². The summed E-state index contributed by atoms with van der Waals surface area (Å²) in [7, 11) is -16.5. The number of hydrogen-bond acceptors (Lipinski definition) is 27. The molecule has 8 unspecified atom stereocenters. The molecule has 12 N–H and O–H groups in total. The Balaban J connectivity index is 1.39. The van der Waals surface area contributed by atoms with E-state index < -0.39 is 137 Å². The second-order valence-electron chi connectivity index (χ2n) is 15.2. The summed E-state index contributed by atoms with van der Waals surface area (Å²) < 4.78 is 113. The molecule has 0 spiro atoms. The fourth-order valence-corrected chi connectivity index (χ4v) is 11.0. The third-order valence-corrected chi connectivity index (χ3v) is 15.2. The van der Waals surface area contributed by atoms with Crippen LogP contribution in [-0.2, 0) is 30.4 Å². The molecule has 30 heteroatoms. The van der Waals surface area contributed by atoms with Crippen LogP contribution in [0.25, 0.3) is 41.6 Å². The number of aliphatic hydroxyl groups is 10. The van der Waals surface area contributed by atoms with Crippen molar-refractivity contribution in [1.82, 2.24) is 9.97 Å². The number of thiazole rings is 2. The normalized spacial score (nSPS) is 16.3. The van der Waals surface area contributed by atoms with Gasteiger partial charge in [-0.25, -0.2) is 35.2 Å². The van der Waals surface area contributed by atoms with E-state index >= 15 is 0 Å². The molecule has 0 fully saturated rings. The zero-order valence-corrected chi connectivity index (χ0v) is 39.3. The number of anilines is 2. The lowest BCUT2D eigenvalue weighted by Gasteiger charge is -2.28. The number of nitrogens with zero attached hydrogens (tertiary/aromatic N) is 4. The lowest BCUT2D eigenvalue weighted by molar-refractivity contribution is -0.111. The number of rotatable bonds is 21. The van der Waals surface area contributed by atoms with E-state index in [0.717, 1.165) is 0 Å². The molecule has 4 aromatic carbocycles. The van der Waals surface area contributed by atoms with Gasteiger partial charge >= 0.3 is 0 Å². The first-order valence-electron chi connectivity index (χ1n) is 19.8. The summed E-state index contributed by atoms with van der Waals surface area (Å²) in [5, 5.41) is 113. The van der Waals surface area contributed by atoms with Gasteiger partial charge in [-0.05, 0) is 67.1 Å². The zero-order chi connectivity index (χ0) is 50.9. The second kappa shape index (κ2) is 21.3. The number of azo groups is 1. The molecule has 8 atom stereocenters. The van der Waals surface area contributed by atoms with E-state index in [1.54, 1.807) is 24.3 Å². The van der Waals surface area contributed by atoms with Crippen molar-refractivity contribution in [3.8, 4) is 21.1 Å². The monoisotopic (exact) mass is 1060 g/mol. The van der Waals surface area contributed by atoms with Gasteiger partial charge in [0.15, 0.2) is 0 Å². The molecule has 0 aliphatic heterocycles. The maximum absolute atomic E-state index is 12.6. The van der Waals surface area contributed by atoms with Gasteiger partial charge in [0.2, 0.25) is 0 Å². The maximum atomic E-state index is 12.6. The lowest BCUT2D eigenvalue weighted by atomic mass is 10.0. The Labute approximate surface area is 399 Å². The molecular weight excluding hydrogens is 1020 g/mol. The van der Waals surface area contributed by atoms with Crippen LogP contribution in [0.5, 0.6) is 0 Å². The van der Waals surface area contributed by atoms with E-state index in [4.69, 9.17) is 10.2 Å². The van der Waals surface area contributed by atoms with Crippen LogP contribution >= 0.6 is 22.7 Å². The van der Waals surface area contributed by atoms with Crippen LogP contribution in [0.15, 0.2) is 85.6 Å². The average Bonchev–Trinajstić information content (AvgIpc) is 3.93. The van der Waals surface area contributed by atoms with Crippen molar-refractivity contribution in [2.45, 2.75) is 70.4 Å². The minimum absolute atomic E-state index is 0.0559. The molecule has 0 aliphatic carbocycles. The molecule has 69 heavy (non-hydrogen) atoms. The van der Waals surface area contributed by atoms with Gasteiger partial charge in [-0.3, -0.25) is 0 Å². The van der Waals surface area contributed by atoms with Crippen molar-refractivity contribution >= 4 is 96.2 Å². The molecule has 25 nitrogen and oxygen atoms in total. The van der Waals surface area contributed by atoms with E-state index in [9.17, 15) is 79.8 Å². The highest BCUT2D eigenvalue weighted by molar-refractivity contribution is 7.87. The molecule has 2 heterocycles. The van der Waals surface area contributed by atoms with E-state index in [-0.39, 0.29) is 22.8 Å². The van der Waals surface area contributed by atoms with Gasteiger partial charge in [0.05, 0.1) is 77.6 Å². The number of aromatic nitrogens is 2. The number of aryl methyl sites for hydroxylation is 1. The molecule has 6 aromatic rings. The first-order valence-corrected chi connectivity index (χ1v) is 25.7. The Morgan fingerprint density at radius 3 is 1.55 bits per heavy atom. The number of nitrogens with one attached hydrogen (secondary N) is 2. The van der Waals surface area contributed by atoms with Crippen molar-refractivity contribution < 1.29 is 90.0 Å². The fourth-order valence-electron chi connectivity index (χ4n) is 6.71. The van der Waals surface area contributed by atoms with Crippen LogP contribution in [0.3, 0.4) is 0 Å². The second-order valence-corrected chi connectivity index (χ2v) is 21.3. The molecule has 0 bridgehead atoms. The van der Waals surface area contributed by atoms with Crippen LogP contribution in [0, 0.1) is 6.92 Å². The third kappa shape index (κ3) is 12.0. The molecule has 0 aliphatic rings. The highest BCUT2D eigenvalue weighted by Gasteiger charge is 2.33. The van der Waals surface area contributed by atoms with Gasteiger partial charge in [-0.15, -0.1) is 27.8 Å². The maximum Gasteiger partial charge on any atom is 0.134 e. The molecular formula is C39H41N6O19S5-3. The predicted molar refractivity (Wildman–Crippen MR) is 242 cm³/mol. The number of benzene rings is 4. The smallest absolute Gasteiger partial charge is 0.134 e. The van der Waals surface area contributed by atoms with E-state index in [1.165, 1.54) is 59.9 Å². The van der Waals surface area contributed by atoms with Crippen LogP contribution in [0.2, 0.25) is 0 Å². The van der Waals surface area contributed by atoms with Crippen LogP contribution < -0.4 is 10.6 Å². The van der Waals surface area contributed by atoms with Gasteiger partial charge in [0.1, 0.15) is 82.7 Å². The summed E-state index contributed by atoms with van der Waals surface area (Å²) in [6.45, 7) is -2.70. The summed E-state index contributed by atoms with van der Waals surface area (Å²) in [5.41, 5.74) is -1.01. The topological polar surface area (TPSA) is 448 Å². The highest BCUT2D eigenvalue weighted by Crippen LogP contribution is 2.45. The largest absolute Gasteiger partial charge is 0.744 e. The SMILES string of the molecule is Cc1ccc2sc(-c3ccc4nc(-c5ccc(N=Nc6c(NCC(O)C(O)C(O)C(O)CO)c(S(=O)(=O)[O-])cc(S(=O)(=O)[O-])c6NCC(O)C(O)C(O)C(O)CO)cc5)sc4c3)nc2c1S(=O)(=O)[O-].